The predicted octanol–water partition coefficient (Wildman–Crippen LogP) is 5.00. The minimum atomic E-state index is -0.143. The molecule has 5 heteroatoms. The number of hydrogen-bond acceptors (Lipinski definition) is 4. The summed E-state index contributed by atoms with van der Waals surface area (Å²) in [4.78, 5) is 14.3. The normalized spacial score (nSPS) is 18.6. The van der Waals surface area contributed by atoms with E-state index in [4.69, 9.17) is 0 Å². The van der Waals surface area contributed by atoms with Crippen LogP contribution < -0.4 is 0 Å². The lowest BCUT2D eigenvalue weighted by atomic mass is 10.1. The van der Waals surface area contributed by atoms with Gasteiger partial charge in [-0.2, -0.15) is 5.10 Å². The van der Waals surface area contributed by atoms with Crippen molar-refractivity contribution in [3.05, 3.63) is 83.4 Å². The van der Waals surface area contributed by atoms with E-state index in [0.717, 1.165) is 16.5 Å². The molecule has 1 amide bonds. The quantitative estimate of drug-likeness (QED) is 0.467. The maximum absolute atomic E-state index is 12.6. The molecule has 3 aromatic carbocycles. The van der Waals surface area contributed by atoms with Crippen molar-refractivity contribution < 1.29 is 4.79 Å². The second-order valence-corrected chi connectivity index (χ2v) is 8.11. The van der Waals surface area contributed by atoms with Gasteiger partial charge in [-0.1, -0.05) is 78.5 Å². The van der Waals surface area contributed by atoms with Crippen molar-refractivity contribution in [3.63, 3.8) is 0 Å². The molecule has 1 aliphatic rings. The molecule has 0 radical (unpaired) electrons. The highest BCUT2D eigenvalue weighted by molar-refractivity contribution is 8.15. The fraction of sp³-hybridized carbons (Fsp3) is 0.174. The SMILES string of the molecule is Cc1ccccc1CN1C(=O)[C@H](C)S/C1=N/N=C\c1cccc2ccccc12. The summed E-state index contributed by atoms with van der Waals surface area (Å²) in [6.45, 7) is 4.49. The number of aryl methyl sites for hydroxylation is 1. The highest BCUT2D eigenvalue weighted by Gasteiger charge is 2.35. The molecule has 1 fully saturated rings. The van der Waals surface area contributed by atoms with Gasteiger partial charge in [0.25, 0.3) is 0 Å². The Morgan fingerprint density at radius 3 is 2.64 bits per heavy atom. The van der Waals surface area contributed by atoms with Crippen molar-refractivity contribution in [3.8, 4) is 0 Å². The van der Waals surface area contributed by atoms with Crippen LogP contribution in [0, 0.1) is 6.92 Å². The molecule has 0 spiro atoms. The van der Waals surface area contributed by atoms with Crippen LogP contribution in [0.3, 0.4) is 0 Å². The second-order valence-electron chi connectivity index (χ2n) is 6.81. The molecular weight excluding hydrogens is 366 g/mol. The average molecular weight is 388 g/mol. The largest absolute Gasteiger partial charge is 0.284 e. The van der Waals surface area contributed by atoms with Crippen molar-refractivity contribution in [2.24, 2.45) is 10.2 Å². The molecule has 1 atom stereocenters. The van der Waals surface area contributed by atoms with Gasteiger partial charge < -0.3 is 0 Å². The molecule has 0 aliphatic carbocycles. The van der Waals surface area contributed by atoms with Crippen LogP contribution in [0.25, 0.3) is 10.8 Å². The maximum Gasteiger partial charge on any atom is 0.242 e. The summed E-state index contributed by atoms with van der Waals surface area (Å²) in [6.07, 6.45) is 1.76. The molecule has 0 unspecified atom stereocenters. The van der Waals surface area contributed by atoms with Gasteiger partial charge in [-0.3, -0.25) is 9.69 Å². The van der Waals surface area contributed by atoms with Gasteiger partial charge in [0.2, 0.25) is 5.91 Å². The zero-order chi connectivity index (χ0) is 19.5. The van der Waals surface area contributed by atoms with Gasteiger partial charge in [-0.15, -0.1) is 5.10 Å². The Balaban J connectivity index is 1.61. The van der Waals surface area contributed by atoms with Crippen LogP contribution >= 0.6 is 11.8 Å². The van der Waals surface area contributed by atoms with Gasteiger partial charge in [-0.25, -0.2) is 0 Å². The first-order valence-corrected chi connectivity index (χ1v) is 10.1. The van der Waals surface area contributed by atoms with Crippen LogP contribution in [0.1, 0.15) is 23.6 Å². The van der Waals surface area contributed by atoms with Crippen molar-refractivity contribution in [1.29, 1.82) is 0 Å². The van der Waals surface area contributed by atoms with Crippen LogP contribution in [0.2, 0.25) is 0 Å². The zero-order valence-electron chi connectivity index (χ0n) is 15.9. The van der Waals surface area contributed by atoms with E-state index in [0.29, 0.717) is 11.7 Å². The number of hydrogen-bond donors (Lipinski definition) is 0. The van der Waals surface area contributed by atoms with Crippen LogP contribution in [0.4, 0.5) is 0 Å². The molecule has 28 heavy (non-hydrogen) atoms. The Hall–Kier alpha value is -2.92. The third kappa shape index (κ3) is 3.71. The first kappa shape index (κ1) is 18.4. The van der Waals surface area contributed by atoms with Crippen LogP contribution in [-0.4, -0.2) is 27.4 Å². The summed E-state index contributed by atoms with van der Waals surface area (Å²) in [7, 11) is 0. The number of amidine groups is 1. The Kier molecular flexibility index (Phi) is 5.26. The number of amides is 1. The highest BCUT2D eigenvalue weighted by atomic mass is 32.2. The number of benzene rings is 3. The lowest BCUT2D eigenvalue weighted by Gasteiger charge is -2.16. The molecule has 1 heterocycles. The van der Waals surface area contributed by atoms with Crippen molar-refractivity contribution in [2.45, 2.75) is 25.6 Å². The van der Waals surface area contributed by atoms with Gasteiger partial charge in [0.15, 0.2) is 5.17 Å². The monoisotopic (exact) mass is 387 g/mol. The molecule has 3 aromatic rings. The van der Waals surface area contributed by atoms with Crippen molar-refractivity contribution >= 4 is 39.8 Å². The predicted molar refractivity (Wildman–Crippen MR) is 118 cm³/mol. The highest BCUT2D eigenvalue weighted by Crippen LogP contribution is 2.29. The van der Waals surface area contributed by atoms with Crippen molar-refractivity contribution in [1.82, 2.24) is 4.90 Å². The number of carbonyl (C=O) groups excluding carboxylic acids is 1. The first-order chi connectivity index (χ1) is 13.6. The van der Waals surface area contributed by atoms with E-state index in [1.54, 1.807) is 11.1 Å². The minimum absolute atomic E-state index is 0.0763. The van der Waals surface area contributed by atoms with E-state index in [-0.39, 0.29) is 11.2 Å². The minimum Gasteiger partial charge on any atom is -0.284 e. The topological polar surface area (TPSA) is 45.0 Å². The summed E-state index contributed by atoms with van der Waals surface area (Å²) >= 11 is 1.46. The summed E-state index contributed by atoms with van der Waals surface area (Å²) in [5.74, 6) is 0.0763. The van der Waals surface area contributed by atoms with Crippen LogP contribution in [-0.2, 0) is 11.3 Å². The molecular formula is C23H21N3OS. The Morgan fingerprint density at radius 1 is 1.04 bits per heavy atom. The molecule has 0 bridgehead atoms. The third-order valence-electron chi connectivity index (χ3n) is 4.88. The molecule has 1 saturated heterocycles. The van der Waals surface area contributed by atoms with E-state index >= 15 is 0 Å². The lowest BCUT2D eigenvalue weighted by Crippen LogP contribution is -2.31. The fourth-order valence-electron chi connectivity index (χ4n) is 3.27. The molecule has 140 valence electrons. The van der Waals surface area contributed by atoms with Crippen molar-refractivity contribution in [2.75, 3.05) is 0 Å². The maximum atomic E-state index is 12.6. The third-order valence-corrected chi connectivity index (χ3v) is 5.95. The number of nitrogens with zero attached hydrogens (tertiary/aromatic N) is 3. The smallest absolute Gasteiger partial charge is 0.242 e. The molecule has 0 saturated carbocycles. The van der Waals surface area contributed by atoms with Gasteiger partial charge >= 0.3 is 0 Å². The van der Waals surface area contributed by atoms with E-state index < -0.39 is 0 Å². The van der Waals surface area contributed by atoms with E-state index in [1.807, 2.05) is 49.4 Å². The zero-order valence-corrected chi connectivity index (χ0v) is 16.7. The lowest BCUT2D eigenvalue weighted by molar-refractivity contribution is -0.126. The van der Waals surface area contributed by atoms with Gasteiger partial charge in [0, 0.05) is 5.56 Å². The molecule has 0 N–H and O–H groups in total. The molecule has 1 aliphatic heterocycles. The first-order valence-electron chi connectivity index (χ1n) is 9.25. The summed E-state index contributed by atoms with van der Waals surface area (Å²) in [5.41, 5.74) is 3.30. The standard InChI is InChI=1S/C23H21N3OS/c1-16-8-3-4-10-20(16)15-26-22(27)17(2)28-23(26)25-24-14-19-12-7-11-18-9-5-6-13-21(18)19/h3-14,17H,15H2,1-2H3/b24-14-,25-23+/t17-/m0/s1. The number of thioether (sulfide) groups is 1. The Morgan fingerprint density at radius 2 is 1.79 bits per heavy atom. The molecule has 4 nitrogen and oxygen atoms in total. The number of fused-ring (bicyclic) bond motifs is 1. The molecule has 4 rings (SSSR count). The van der Waals surface area contributed by atoms with E-state index in [9.17, 15) is 4.79 Å². The fourth-order valence-corrected chi connectivity index (χ4v) is 4.19. The van der Waals surface area contributed by atoms with Crippen LogP contribution in [0.5, 0.6) is 0 Å². The van der Waals surface area contributed by atoms with E-state index in [1.165, 1.54) is 22.7 Å². The van der Waals surface area contributed by atoms with E-state index in [2.05, 4.69) is 41.4 Å². The Labute approximate surface area is 169 Å². The molecule has 0 aromatic heterocycles. The Bertz CT molecular complexity index is 1080. The average Bonchev–Trinajstić information content (AvgIpc) is 2.97. The second kappa shape index (κ2) is 7.98. The number of rotatable bonds is 4. The van der Waals surface area contributed by atoms with Gasteiger partial charge in [0.1, 0.15) is 0 Å². The van der Waals surface area contributed by atoms with Crippen LogP contribution in [0.15, 0.2) is 76.9 Å². The summed E-state index contributed by atoms with van der Waals surface area (Å²) in [5, 5.41) is 11.5. The summed E-state index contributed by atoms with van der Waals surface area (Å²) in [6, 6.07) is 22.4. The van der Waals surface area contributed by atoms with Gasteiger partial charge in [0.05, 0.1) is 18.0 Å². The van der Waals surface area contributed by atoms with Gasteiger partial charge in [-0.05, 0) is 35.7 Å². The number of carbonyl (C=O) groups is 1. The summed E-state index contributed by atoms with van der Waals surface area (Å²) < 4.78 is 0.